The quantitative estimate of drug-likeness (QED) is 0.794. The molecule has 2 rings (SSSR count). The van der Waals surface area contributed by atoms with Gasteiger partial charge in [-0.05, 0) is 18.2 Å². The number of aromatic nitrogens is 1. The summed E-state index contributed by atoms with van der Waals surface area (Å²) in [6, 6.07) is 4.13. The average molecular weight is 270 g/mol. The highest BCUT2D eigenvalue weighted by Crippen LogP contribution is 2.23. The van der Waals surface area contributed by atoms with Gasteiger partial charge in [0.05, 0.1) is 11.9 Å². The van der Waals surface area contributed by atoms with E-state index in [1.54, 1.807) is 0 Å². The lowest BCUT2D eigenvalue weighted by molar-refractivity contribution is 0.385. The molecule has 0 saturated heterocycles. The summed E-state index contributed by atoms with van der Waals surface area (Å²) in [5.74, 6) is -0.672. The Balaban J connectivity index is 2.58. The molecule has 18 heavy (non-hydrogen) atoms. The fourth-order valence-electron chi connectivity index (χ4n) is 1.53. The van der Waals surface area contributed by atoms with Crippen LogP contribution in [0.2, 0.25) is 5.02 Å². The van der Waals surface area contributed by atoms with Gasteiger partial charge in [0.25, 0.3) is 0 Å². The molecule has 0 unspecified atom stereocenters. The van der Waals surface area contributed by atoms with Crippen LogP contribution in [0.4, 0.5) is 4.39 Å². The van der Waals surface area contributed by atoms with E-state index in [1.807, 2.05) is 20.8 Å². The van der Waals surface area contributed by atoms with E-state index in [0.29, 0.717) is 5.76 Å². The molecule has 0 saturated carbocycles. The van der Waals surface area contributed by atoms with Crippen molar-refractivity contribution in [1.29, 1.82) is 0 Å². The van der Waals surface area contributed by atoms with Crippen molar-refractivity contribution in [1.82, 2.24) is 4.57 Å². The maximum Gasteiger partial charge on any atom is 0.423 e. The molecule has 0 N–H and O–H groups in total. The molecular weight excluding hydrogens is 257 g/mol. The van der Waals surface area contributed by atoms with E-state index >= 15 is 0 Å². The van der Waals surface area contributed by atoms with Crippen LogP contribution in [0.5, 0.6) is 0 Å². The van der Waals surface area contributed by atoms with Crippen LogP contribution in [-0.2, 0) is 5.41 Å². The molecule has 1 heterocycles. The average Bonchev–Trinajstić information content (AvgIpc) is 2.60. The molecule has 3 nitrogen and oxygen atoms in total. The minimum absolute atomic E-state index is 0.128. The maximum absolute atomic E-state index is 13.7. The summed E-state index contributed by atoms with van der Waals surface area (Å²) in [5.41, 5.74) is -0.184. The number of hydrogen-bond acceptors (Lipinski definition) is 2. The zero-order chi connectivity index (χ0) is 13.5. The largest absolute Gasteiger partial charge is 0.423 e. The molecule has 0 radical (unpaired) electrons. The summed E-state index contributed by atoms with van der Waals surface area (Å²) < 4.78 is 20.0. The molecule has 1 aromatic heterocycles. The zero-order valence-electron chi connectivity index (χ0n) is 10.3. The van der Waals surface area contributed by atoms with E-state index in [2.05, 4.69) is 0 Å². The summed E-state index contributed by atoms with van der Waals surface area (Å²) in [5, 5.41) is 0.281. The SMILES string of the molecule is CC(C)(C)c1cn(-c2ccc(Cl)cc2F)c(=O)o1. The number of oxazole rings is 1. The van der Waals surface area contributed by atoms with Gasteiger partial charge in [-0.1, -0.05) is 32.4 Å². The van der Waals surface area contributed by atoms with Gasteiger partial charge in [-0.25, -0.2) is 13.8 Å². The van der Waals surface area contributed by atoms with Crippen LogP contribution in [0, 0.1) is 5.82 Å². The van der Waals surface area contributed by atoms with Gasteiger partial charge in [-0.2, -0.15) is 0 Å². The lowest BCUT2D eigenvalue weighted by Gasteiger charge is -2.12. The third-order valence-electron chi connectivity index (χ3n) is 2.55. The van der Waals surface area contributed by atoms with Crippen molar-refractivity contribution in [3.8, 4) is 5.69 Å². The van der Waals surface area contributed by atoms with Gasteiger partial charge in [-0.15, -0.1) is 0 Å². The maximum atomic E-state index is 13.7. The lowest BCUT2D eigenvalue weighted by Crippen LogP contribution is -2.12. The second-order valence-electron chi connectivity index (χ2n) is 5.08. The van der Waals surface area contributed by atoms with Crippen LogP contribution < -0.4 is 5.76 Å². The number of benzene rings is 1. The molecule has 1 aromatic carbocycles. The monoisotopic (exact) mass is 269 g/mol. The van der Waals surface area contributed by atoms with Crippen molar-refractivity contribution in [2.75, 3.05) is 0 Å². The van der Waals surface area contributed by atoms with E-state index in [1.165, 1.54) is 18.3 Å². The third-order valence-corrected chi connectivity index (χ3v) is 2.78. The van der Waals surface area contributed by atoms with E-state index in [9.17, 15) is 9.18 Å². The Hall–Kier alpha value is -1.55. The van der Waals surface area contributed by atoms with Crippen LogP contribution in [0.1, 0.15) is 26.5 Å². The van der Waals surface area contributed by atoms with Gasteiger partial charge >= 0.3 is 5.76 Å². The van der Waals surface area contributed by atoms with Crippen molar-refractivity contribution in [3.63, 3.8) is 0 Å². The highest BCUT2D eigenvalue weighted by molar-refractivity contribution is 6.30. The molecular formula is C13H13ClFNO2. The Morgan fingerprint density at radius 2 is 2.00 bits per heavy atom. The van der Waals surface area contributed by atoms with Gasteiger partial charge in [0.1, 0.15) is 11.6 Å². The van der Waals surface area contributed by atoms with Gasteiger partial charge in [0.15, 0.2) is 0 Å². The Labute approximate surface area is 109 Å². The molecule has 0 aliphatic carbocycles. The normalized spacial score (nSPS) is 11.8. The Kier molecular flexibility index (Phi) is 3.07. The van der Waals surface area contributed by atoms with E-state index in [0.717, 1.165) is 10.6 Å². The summed E-state index contributed by atoms with van der Waals surface area (Å²) in [7, 11) is 0. The highest BCUT2D eigenvalue weighted by atomic mass is 35.5. The fraction of sp³-hybridized carbons (Fsp3) is 0.308. The molecule has 0 bridgehead atoms. The number of nitrogens with zero attached hydrogens (tertiary/aromatic N) is 1. The zero-order valence-corrected chi connectivity index (χ0v) is 11.1. The molecule has 0 aliphatic heterocycles. The molecule has 5 heteroatoms. The minimum atomic E-state index is -0.610. The number of hydrogen-bond donors (Lipinski definition) is 0. The Morgan fingerprint density at radius 1 is 1.33 bits per heavy atom. The van der Waals surface area contributed by atoms with Crippen molar-refractivity contribution in [2.24, 2.45) is 0 Å². The first-order valence-corrected chi connectivity index (χ1v) is 5.85. The van der Waals surface area contributed by atoms with Gasteiger partial charge < -0.3 is 4.42 Å². The van der Waals surface area contributed by atoms with Crippen molar-refractivity contribution in [2.45, 2.75) is 26.2 Å². The number of halogens is 2. The molecule has 0 amide bonds. The smallest absolute Gasteiger partial charge is 0.412 e. The highest BCUT2D eigenvalue weighted by Gasteiger charge is 2.21. The summed E-state index contributed by atoms with van der Waals surface area (Å²) in [4.78, 5) is 11.7. The molecule has 0 fully saturated rings. The van der Waals surface area contributed by atoms with E-state index in [-0.39, 0.29) is 16.1 Å². The first-order chi connectivity index (χ1) is 8.29. The Morgan fingerprint density at radius 3 is 2.50 bits per heavy atom. The van der Waals surface area contributed by atoms with Gasteiger partial charge in [-0.3, -0.25) is 0 Å². The van der Waals surface area contributed by atoms with Crippen LogP contribution in [0.25, 0.3) is 5.69 Å². The first-order valence-electron chi connectivity index (χ1n) is 5.47. The van der Waals surface area contributed by atoms with Crippen LogP contribution >= 0.6 is 11.6 Å². The molecule has 2 aromatic rings. The molecule has 0 spiro atoms. The predicted molar refractivity (Wildman–Crippen MR) is 68.0 cm³/mol. The van der Waals surface area contributed by atoms with Crippen molar-refractivity contribution < 1.29 is 8.81 Å². The second kappa shape index (κ2) is 4.28. The number of rotatable bonds is 1. The van der Waals surface area contributed by atoms with Gasteiger partial charge in [0, 0.05) is 10.4 Å². The molecule has 96 valence electrons. The fourth-order valence-corrected chi connectivity index (χ4v) is 1.69. The minimum Gasteiger partial charge on any atom is -0.412 e. The summed E-state index contributed by atoms with van der Waals surface area (Å²) >= 11 is 5.67. The lowest BCUT2D eigenvalue weighted by atomic mass is 9.94. The van der Waals surface area contributed by atoms with Crippen LogP contribution in [0.15, 0.2) is 33.6 Å². The second-order valence-corrected chi connectivity index (χ2v) is 5.51. The van der Waals surface area contributed by atoms with Crippen LogP contribution in [0.3, 0.4) is 0 Å². The standard InChI is InChI=1S/C13H13ClFNO2/c1-13(2,3)11-7-16(12(17)18-11)10-5-4-8(14)6-9(10)15/h4-7H,1-3H3. The van der Waals surface area contributed by atoms with Crippen molar-refractivity contribution in [3.05, 3.63) is 51.5 Å². The molecule has 0 aliphatic rings. The van der Waals surface area contributed by atoms with E-state index < -0.39 is 11.6 Å². The van der Waals surface area contributed by atoms with Gasteiger partial charge in [0.2, 0.25) is 0 Å². The predicted octanol–water partition coefficient (Wildman–Crippen LogP) is 3.52. The van der Waals surface area contributed by atoms with Crippen molar-refractivity contribution >= 4 is 11.6 Å². The summed E-state index contributed by atoms with van der Waals surface area (Å²) in [6.45, 7) is 5.73. The van der Waals surface area contributed by atoms with Crippen LogP contribution in [-0.4, -0.2) is 4.57 Å². The topological polar surface area (TPSA) is 35.1 Å². The van der Waals surface area contributed by atoms with E-state index in [4.69, 9.17) is 16.0 Å². The first kappa shape index (κ1) is 12.9. The summed E-state index contributed by atoms with van der Waals surface area (Å²) in [6.07, 6.45) is 1.51. The Bertz CT molecular complexity index is 637. The third kappa shape index (κ3) is 2.34. The molecule has 0 atom stereocenters.